The third-order valence-electron chi connectivity index (χ3n) is 4.68. The largest absolute Gasteiger partial charge is 0.468 e. The molecule has 0 aliphatic heterocycles. The number of aliphatic hydroxyl groups excluding tert-OH is 1. The van der Waals surface area contributed by atoms with E-state index in [1.165, 1.54) is 7.11 Å². The standard InChI is InChI=1S/C23H23NO3/c1-27-22(26)21(17-25)24-23(18-11-5-2-6-12-18,19-13-7-3-8-14-19)20-15-9-4-10-16-20/h2-16,21,24-25H,17H2,1H3/t21-/m1/s1. The molecule has 3 aromatic rings. The maximum absolute atomic E-state index is 12.3. The summed E-state index contributed by atoms with van der Waals surface area (Å²) in [7, 11) is 1.32. The fourth-order valence-corrected chi connectivity index (χ4v) is 3.40. The molecule has 2 N–H and O–H groups in total. The molecule has 0 bridgehead atoms. The average molecular weight is 361 g/mol. The minimum atomic E-state index is -0.879. The molecule has 0 aliphatic rings. The number of nitrogens with one attached hydrogen (secondary N) is 1. The zero-order valence-corrected chi connectivity index (χ0v) is 15.2. The van der Waals surface area contributed by atoms with E-state index in [1.54, 1.807) is 0 Å². The summed E-state index contributed by atoms with van der Waals surface area (Å²) in [6, 6.07) is 28.8. The fourth-order valence-electron chi connectivity index (χ4n) is 3.40. The van der Waals surface area contributed by atoms with Crippen molar-refractivity contribution in [1.29, 1.82) is 0 Å². The van der Waals surface area contributed by atoms with Crippen LogP contribution in [0.2, 0.25) is 0 Å². The van der Waals surface area contributed by atoms with Crippen molar-refractivity contribution in [3.63, 3.8) is 0 Å². The maximum atomic E-state index is 12.3. The minimum Gasteiger partial charge on any atom is -0.468 e. The monoisotopic (exact) mass is 361 g/mol. The van der Waals surface area contributed by atoms with Crippen molar-refractivity contribution in [2.24, 2.45) is 0 Å². The first-order chi connectivity index (χ1) is 13.2. The van der Waals surface area contributed by atoms with Gasteiger partial charge in [0.2, 0.25) is 0 Å². The number of carbonyl (C=O) groups is 1. The highest BCUT2D eigenvalue weighted by atomic mass is 16.5. The van der Waals surface area contributed by atoms with E-state index in [9.17, 15) is 9.90 Å². The fraction of sp³-hybridized carbons (Fsp3) is 0.174. The van der Waals surface area contributed by atoms with E-state index in [1.807, 2.05) is 91.0 Å². The van der Waals surface area contributed by atoms with Crippen LogP contribution >= 0.6 is 0 Å². The van der Waals surface area contributed by atoms with Crippen LogP contribution in [-0.2, 0) is 15.1 Å². The van der Waals surface area contributed by atoms with Crippen LogP contribution in [-0.4, -0.2) is 30.8 Å². The molecule has 1 atom stereocenters. The molecule has 3 rings (SSSR count). The Morgan fingerprint density at radius 1 is 0.852 bits per heavy atom. The van der Waals surface area contributed by atoms with Crippen LogP contribution < -0.4 is 5.32 Å². The van der Waals surface area contributed by atoms with Crippen LogP contribution in [0.25, 0.3) is 0 Å². The van der Waals surface area contributed by atoms with Crippen LogP contribution in [0.1, 0.15) is 16.7 Å². The molecule has 27 heavy (non-hydrogen) atoms. The zero-order chi connectivity index (χ0) is 19.1. The third-order valence-corrected chi connectivity index (χ3v) is 4.68. The highest BCUT2D eigenvalue weighted by molar-refractivity contribution is 5.76. The van der Waals surface area contributed by atoms with Crippen molar-refractivity contribution in [2.45, 2.75) is 11.6 Å². The second-order valence-corrected chi connectivity index (χ2v) is 6.25. The van der Waals surface area contributed by atoms with Gasteiger partial charge in [-0.2, -0.15) is 0 Å². The Balaban J connectivity index is 2.27. The summed E-state index contributed by atoms with van der Waals surface area (Å²) >= 11 is 0. The van der Waals surface area contributed by atoms with E-state index in [-0.39, 0.29) is 6.61 Å². The van der Waals surface area contributed by atoms with Gasteiger partial charge in [-0.05, 0) is 16.7 Å². The number of hydrogen-bond acceptors (Lipinski definition) is 4. The van der Waals surface area contributed by atoms with Gasteiger partial charge in [0.15, 0.2) is 0 Å². The van der Waals surface area contributed by atoms with Gasteiger partial charge >= 0.3 is 5.97 Å². The number of methoxy groups -OCH3 is 1. The van der Waals surface area contributed by atoms with Crippen molar-refractivity contribution in [2.75, 3.05) is 13.7 Å². The molecule has 0 aliphatic carbocycles. The highest BCUT2D eigenvalue weighted by Gasteiger charge is 2.39. The first-order valence-corrected chi connectivity index (χ1v) is 8.85. The van der Waals surface area contributed by atoms with Gasteiger partial charge in [0, 0.05) is 0 Å². The molecule has 4 heteroatoms. The predicted octanol–water partition coefficient (Wildman–Crippen LogP) is 3.10. The third kappa shape index (κ3) is 3.77. The van der Waals surface area contributed by atoms with Crippen molar-refractivity contribution >= 4 is 5.97 Å². The van der Waals surface area contributed by atoms with Gasteiger partial charge in [0.1, 0.15) is 6.04 Å². The summed E-state index contributed by atoms with van der Waals surface area (Å²) in [6.45, 7) is -0.374. The summed E-state index contributed by atoms with van der Waals surface area (Å²) in [4.78, 5) is 12.3. The average Bonchev–Trinajstić information content (AvgIpc) is 2.76. The van der Waals surface area contributed by atoms with E-state index < -0.39 is 17.6 Å². The Morgan fingerprint density at radius 2 is 1.22 bits per heavy atom. The molecule has 0 unspecified atom stereocenters. The molecular weight excluding hydrogens is 338 g/mol. The van der Waals surface area contributed by atoms with E-state index in [4.69, 9.17) is 4.74 Å². The summed E-state index contributed by atoms with van der Waals surface area (Å²) in [5.74, 6) is -0.510. The number of aliphatic hydroxyl groups is 1. The molecule has 138 valence electrons. The molecule has 0 radical (unpaired) electrons. The van der Waals surface area contributed by atoms with E-state index in [0.717, 1.165) is 16.7 Å². The first kappa shape index (κ1) is 18.8. The molecule has 0 saturated heterocycles. The van der Waals surface area contributed by atoms with E-state index in [2.05, 4.69) is 5.32 Å². The van der Waals surface area contributed by atoms with Gasteiger partial charge in [0.25, 0.3) is 0 Å². The molecule has 4 nitrogen and oxygen atoms in total. The molecule has 0 saturated carbocycles. The molecule has 0 spiro atoms. The molecular formula is C23H23NO3. The van der Waals surface area contributed by atoms with Crippen molar-refractivity contribution in [1.82, 2.24) is 5.32 Å². The van der Waals surface area contributed by atoms with E-state index >= 15 is 0 Å². The lowest BCUT2D eigenvalue weighted by atomic mass is 9.76. The smallest absolute Gasteiger partial charge is 0.325 e. The van der Waals surface area contributed by atoms with Gasteiger partial charge in [-0.25, -0.2) is 0 Å². The SMILES string of the molecule is COC(=O)[C@@H](CO)NC(c1ccccc1)(c1ccccc1)c1ccccc1. The summed E-state index contributed by atoms with van der Waals surface area (Å²) in [5.41, 5.74) is 2.06. The lowest BCUT2D eigenvalue weighted by Crippen LogP contribution is -2.54. The molecule has 0 aromatic heterocycles. The van der Waals surface area contributed by atoms with Crippen LogP contribution in [0.3, 0.4) is 0 Å². The minimum absolute atomic E-state index is 0.374. The number of carbonyl (C=O) groups excluding carboxylic acids is 1. The second kappa shape index (κ2) is 8.62. The zero-order valence-electron chi connectivity index (χ0n) is 15.2. The Labute approximate surface area is 159 Å². The molecule has 0 amide bonds. The van der Waals surface area contributed by atoms with Crippen LogP contribution in [0.5, 0.6) is 0 Å². The van der Waals surface area contributed by atoms with Gasteiger partial charge in [-0.3, -0.25) is 10.1 Å². The van der Waals surface area contributed by atoms with Gasteiger partial charge in [-0.15, -0.1) is 0 Å². The predicted molar refractivity (Wildman–Crippen MR) is 105 cm³/mol. The maximum Gasteiger partial charge on any atom is 0.325 e. The Kier molecular flexibility index (Phi) is 6.01. The summed E-state index contributed by atoms with van der Waals surface area (Å²) < 4.78 is 4.90. The first-order valence-electron chi connectivity index (χ1n) is 8.85. The lowest BCUT2D eigenvalue weighted by Gasteiger charge is -2.39. The second-order valence-electron chi connectivity index (χ2n) is 6.25. The van der Waals surface area contributed by atoms with Crippen molar-refractivity contribution in [3.05, 3.63) is 108 Å². The van der Waals surface area contributed by atoms with Crippen LogP contribution in [0.4, 0.5) is 0 Å². The van der Waals surface area contributed by atoms with Gasteiger partial charge in [-0.1, -0.05) is 91.0 Å². The number of ether oxygens (including phenoxy) is 1. The summed E-state index contributed by atoms with van der Waals surface area (Å²) in [5, 5.41) is 13.3. The van der Waals surface area contributed by atoms with Crippen LogP contribution in [0, 0.1) is 0 Å². The molecule has 3 aromatic carbocycles. The topological polar surface area (TPSA) is 58.6 Å². The number of esters is 1. The normalized spacial score (nSPS) is 12.4. The van der Waals surface area contributed by atoms with Gasteiger partial charge < -0.3 is 9.84 Å². The van der Waals surface area contributed by atoms with Crippen molar-refractivity contribution in [3.8, 4) is 0 Å². The number of rotatable bonds is 7. The Morgan fingerprint density at radius 3 is 1.52 bits per heavy atom. The number of benzene rings is 3. The summed E-state index contributed by atoms with van der Waals surface area (Å²) in [6.07, 6.45) is 0. The number of hydrogen-bond donors (Lipinski definition) is 2. The Bertz CT molecular complexity index is 754. The van der Waals surface area contributed by atoms with Gasteiger partial charge in [0.05, 0.1) is 19.3 Å². The van der Waals surface area contributed by atoms with Crippen molar-refractivity contribution < 1.29 is 14.6 Å². The molecule has 0 heterocycles. The van der Waals surface area contributed by atoms with Crippen LogP contribution in [0.15, 0.2) is 91.0 Å². The van der Waals surface area contributed by atoms with E-state index in [0.29, 0.717) is 0 Å². The molecule has 0 fully saturated rings. The highest BCUT2D eigenvalue weighted by Crippen LogP contribution is 2.37. The quantitative estimate of drug-likeness (QED) is 0.501. The Hall–Kier alpha value is -2.95. The lowest BCUT2D eigenvalue weighted by molar-refractivity contribution is -0.144.